The maximum atomic E-state index is 11.8. The molecule has 2 heterocycles. The number of halogens is 1. The molecule has 3 rings (SSSR count). The lowest BCUT2D eigenvalue weighted by Crippen LogP contribution is -2.27. The maximum Gasteiger partial charge on any atom is 0.413 e. The van der Waals surface area contributed by atoms with Crippen LogP contribution in [0.25, 0.3) is 21.5 Å². The summed E-state index contributed by atoms with van der Waals surface area (Å²) in [5.41, 5.74) is 2.06. The van der Waals surface area contributed by atoms with Crippen LogP contribution in [0, 0.1) is 0 Å². The van der Waals surface area contributed by atoms with Gasteiger partial charge in [-0.15, -0.1) is 0 Å². The van der Waals surface area contributed by atoms with Crippen LogP contribution in [0.15, 0.2) is 36.5 Å². The molecule has 0 fully saturated rings. The van der Waals surface area contributed by atoms with Gasteiger partial charge in [-0.05, 0) is 45.0 Å². The number of amides is 1. The Hall–Kier alpha value is -2.18. The Kier molecular flexibility index (Phi) is 4.43. The van der Waals surface area contributed by atoms with Gasteiger partial charge in [0.2, 0.25) is 0 Å². The van der Waals surface area contributed by atoms with E-state index in [1.54, 1.807) is 12.3 Å². The molecule has 0 saturated carbocycles. The highest BCUT2D eigenvalue weighted by molar-refractivity contribution is 7.22. The van der Waals surface area contributed by atoms with Crippen molar-refractivity contribution < 1.29 is 9.53 Å². The van der Waals surface area contributed by atoms with E-state index in [0.29, 0.717) is 10.2 Å². The van der Waals surface area contributed by atoms with Gasteiger partial charge < -0.3 is 4.74 Å². The van der Waals surface area contributed by atoms with E-state index in [9.17, 15) is 4.79 Å². The summed E-state index contributed by atoms with van der Waals surface area (Å²) in [5, 5.41) is 3.77. The highest BCUT2D eigenvalue weighted by Gasteiger charge is 2.17. The van der Waals surface area contributed by atoms with Crippen molar-refractivity contribution in [1.82, 2.24) is 9.97 Å². The zero-order valence-corrected chi connectivity index (χ0v) is 15.0. The van der Waals surface area contributed by atoms with Gasteiger partial charge in [0.1, 0.15) is 5.60 Å². The molecule has 0 aliphatic rings. The quantitative estimate of drug-likeness (QED) is 0.667. The Labute approximate surface area is 148 Å². The Balaban J connectivity index is 1.84. The minimum atomic E-state index is -0.547. The zero-order chi connectivity index (χ0) is 17.3. The summed E-state index contributed by atoms with van der Waals surface area (Å²) >= 11 is 7.26. The Bertz CT molecular complexity index is 885. The summed E-state index contributed by atoms with van der Waals surface area (Å²) in [5.74, 6) is 0. The van der Waals surface area contributed by atoms with Gasteiger partial charge in [0.05, 0.1) is 20.9 Å². The lowest BCUT2D eigenvalue weighted by Gasteiger charge is -2.18. The highest BCUT2D eigenvalue weighted by atomic mass is 35.5. The largest absolute Gasteiger partial charge is 0.444 e. The molecule has 0 unspecified atom stereocenters. The highest BCUT2D eigenvalue weighted by Crippen LogP contribution is 2.30. The third-order valence-electron chi connectivity index (χ3n) is 3.02. The summed E-state index contributed by atoms with van der Waals surface area (Å²) in [7, 11) is 0. The standard InChI is InChI=1S/C17H16ClN3O2S/c1-17(2,3)23-16(22)21-15-20-13-6-4-10(8-14(13)24-15)12-7-5-11(18)9-19-12/h4-9H,1-3H3,(H,20,21,22). The second kappa shape index (κ2) is 6.37. The van der Waals surface area contributed by atoms with Crippen molar-refractivity contribution in [2.45, 2.75) is 26.4 Å². The first-order chi connectivity index (χ1) is 11.3. The van der Waals surface area contributed by atoms with Crippen LogP contribution < -0.4 is 5.32 Å². The van der Waals surface area contributed by atoms with Crippen LogP contribution in [0.2, 0.25) is 5.02 Å². The molecule has 0 aliphatic carbocycles. The molecule has 24 heavy (non-hydrogen) atoms. The van der Waals surface area contributed by atoms with Crippen molar-refractivity contribution in [2.24, 2.45) is 0 Å². The van der Waals surface area contributed by atoms with Gasteiger partial charge in [0.15, 0.2) is 5.13 Å². The van der Waals surface area contributed by atoms with Crippen LogP contribution in [0.5, 0.6) is 0 Å². The van der Waals surface area contributed by atoms with Crippen molar-refractivity contribution in [2.75, 3.05) is 5.32 Å². The third-order valence-corrected chi connectivity index (χ3v) is 4.18. The fourth-order valence-corrected chi connectivity index (χ4v) is 3.08. The van der Waals surface area contributed by atoms with Gasteiger partial charge in [-0.3, -0.25) is 10.3 Å². The van der Waals surface area contributed by atoms with Crippen molar-refractivity contribution in [3.63, 3.8) is 0 Å². The first-order valence-electron chi connectivity index (χ1n) is 7.33. The molecule has 1 N–H and O–H groups in total. The average Bonchev–Trinajstić information content (AvgIpc) is 2.86. The number of carbonyl (C=O) groups excluding carboxylic acids is 1. The number of nitrogens with one attached hydrogen (secondary N) is 1. The lowest BCUT2D eigenvalue weighted by molar-refractivity contribution is 0.0636. The molecular formula is C17H16ClN3O2S. The monoisotopic (exact) mass is 361 g/mol. The fraction of sp³-hybridized carbons (Fsp3) is 0.235. The average molecular weight is 362 g/mol. The van der Waals surface area contributed by atoms with Gasteiger partial charge >= 0.3 is 6.09 Å². The first-order valence-corrected chi connectivity index (χ1v) is 8.52. The smallest absolute Gasteiger partial charge is 0.413 e. The Morgan fingerprint density at radius 2 is 2.04 bits per heavy atom. The van der Waals surface area contributed by atoms with E-state index in [-0.39, 0.29) is 0 Å². The van der Waals surface area contributed by atoms with Gasteiger partial charge in [-0.2, -0.15) is 0 Å². The van der Waals surface area contributed by atoms with Crippen LogP contribution in [0.3, 0.4) is 0 Å². The van der Waals surface area contributed by atoms with E-state index in [0.717, 1.165) is 21.5 Å². The molecular weight excluding hydrogens is 346 g/mol. The molecule has 0 atom stereocenters. The molecule has 124 valence electrons. The number of rotatable bonds is 2. The van der Waals surface area contributed by atoms with E-state index in [2.05, 4.69) is 15.3 Å². The molecule has 3 aromatic rings. The number of ether oxygens (including phenoxy) is 1. The number of nitrogens with zero attached hydrogens (tertiary/aromatic N) is 2. The molecule has 1 amide bonds. The predicted molar refractivity (Wildman–Crippen MR) is 97.7 cm³/mol. The van der Waals surface area contributed by atoms with Crippen LogP contribution >= 0.6 is 22.9 Å². The van der Waals surface area contributed by atoms with Crippen molar-refractivity contribution >= 4 is 44.4 Å². The van der Waals surface area contributed by atoms with Gasteiger partial charge in [-0.25, -0.2) is 9.78 Å². The first kappa shape index (κ1) is 16.7. The number of thiazole rings is 1. The van der Waals surface area contributed by atoms with Crippen LogP contribution in [-0.4, -0.2) is 21.7 Å². The van der Waals surface area contributed by atoms with E-state index in [1.165, 1.54) is 11.3 Å². The number of hydrogen-bond donors (Lipinski definition) is 1. The molecule has 0 aliphatic heterocycles. The minimum Gasteiger partial charge on any atom is -0.444 e. The van der Waals surface area contributed by atoms with Gasteiger partial charge in [0.25, 0.3) is 0 Å². The topological polar surface area (TPSA) is 64.1 Å². The lowest BCUT2D eigenvalue weighted by atomic mass is 10.1. The molecule has 0 radical (unpaired) electrons. The van der Waals surface area contributed by atoms with E-state index in [1.807, 2.05) is 45.0 Å². The van der Waals surface area contributed by atoms with E-state index in [4.69, 9.17) is 16.3 Å². The molecule has 5 nitrogen and oxygen atoms in total. The number of benzene rings is 1. The van der Waals surface area contributed by atoms with Crippen molar-refractivity contribution in [3.8, 4) is 11.3 Å². The van der Waals surface area contributed by atoms with E-state index < -0.39 is 11.7 Å². The van der Waals surface area contributed by atoms with Crippen LogP contribution in [0.4, 0.5) is 9.93 Å². The molecule has 7 heteroatoms. The van der Waals surface area contributed by atoms with Gasteiger partial charge in [0, 0.05) is 11.8 Å². The SMILES string of the molecule is CC(C)(C)OC(=O)Nc1nc2ccc(-c3ccc(Cl)cn3)cc2s1. The summed E-state index contributed by atoms with van der Waals surface area (Å²) in [4.78, 5) is 20.5. The number of pyridine rings is 1. The normalized spacial score (nSPS) is 11.5. The fourth-order valence-electron chi connectivity index (χ4n) is 2.07. The minimum absolute atomic E-state index is 0.500. The predicted octanol–water partition coefficient (Wildman–Crippen LogP) is 5.36. The van der Waals surface area contributed by atoms with Crippen LogP contribution in [-0.2, 0) is 4.74 Å². The number of anilines is 1. The summed E-state index contributed by atoms with van der Waals surface area (Å²) < 4.78 is 6.19. The Morgan fingerprint density at radius 3 is 2.71 bits per heavy atom. The Morgan fingerprint density at radius 1 is 1.25 bits per heavy atom. The summed E-state index contributed by atoms with van der Waals surface area (Å²) in [6.45, 7) is 5.45. The maximum absolute atomic E-state index is 11.8. The second-order valence-corrected chi connectivity index (χ2v) is 7.66. The van der Waals surface area contributed by atoms with Crippen molar-refractivity contribution in [1.29, 1.82) is 0 Å². The second-order valence-electron chi connectivity index (χ2n) is 6.19. The number of carbonyl (C=O) groups is 1. The van der Waals surface area contributed by atoms with Gasteiger partial charge in [-0.1, -0.05) is 29.0 Å². The molecule has 1 aromatic carbocycles. The molecule has 0 bridgehead atoms. The zero-order valence-electron chi connectivity index (χ0n) is 13.5. The van der Waals surface area contributed by atoms with E-state index >= 15 is 0 Å². The van der Waals surface area contributed by atoms with Crippen LogP contribution in [0.1, 0.15) is 20.8 Å². The summed E-state index contributed by atoms with van der Waals surface area (Å²) in [6.07, 6.45) is 1.10. The summed E-state index contributed by atoms with van der Waals surface area (Å²) in [6, 6.07) is 9.50. The third kappa shape index (κ3) is 4.01. The molecule has 0 saturated heterocycles. The number of aromatic nitrogens is 2. The number of fused-ring (bicyclic) bond motifs is 1. The molecule has 0 spiro atoms. The number of hydrogen-bond acceptors (Lipinski definition) is 5. The van der Waals surface area contributed by atoms with Crippen molar-refractivity contribution in [3.05, 3.63) is 41.6 Å². The molecule has 2 aromatic heterocycles.